The number of hydrogen-bond donors (Lipinski definition) is 2. The van der Waals surface area contributed by atoms with E-state index >= 15 is 0 Å². The highest BCUT2D eigenvalue weighted by atomic mass is 35.5. The van der Waals surface area contributed by atoms with Gasteiger partial charge in [0.25, 0.3) is 6.79 Å². The Bertz CT molecular complexity index is 1510. The Morgan fingerprint density at radius 2 is 1.71 bits per heavy atom. The van der Waals surface area contributed by atoms with E-state index in [1.807, 2.05) is 19.1 Å². The SMILES string of the molecule is CCc1nn(OCOc2ccc(CC(NC(=O)OC(C)(C)C)C(=O)OCc3ccc(O)cc3)cc2)c2cc(Cl)ccc12. The summed E-state index contributed by atoms with van der Waals surface area (Å²) in [5.41, 5.74) is 2.35. The molecule has 1 aromatic heterocycles. The summed E-state index contributed by atoms with van der Waals surface area (Å²) in [6, 6.07) is 17.9. The number of phenols is 1. The van der Waals surface area contributed by atoms with Gasteiger partial charge in [-0.2, -0.15) is 0 Å². The standard InChI is InChI=1S/C31H34ClN3O7/c1-5-26-25-15-10-22(32)17-28(25)35(34-26)41-19-40-24-13-8-20(9-14-24)16-27(33-30(38)42-31(2,3)4)29(37)39-18-21-6-11-23(36)12-7-21/h6-15,17,27,36H,5,16,18-19H2,1-4H3,(H,33,38). The summed E-state index contributed by atoms with van der Waals surface area (Å²) in [4.78, 5) is 32.6. The molecule has 42 heavy (non-hydrogen) atoms. The molecule has 11 heteroatoms. The smallest absolute Gasteiger partial charge is 0.408 e. The number of nitrogens with one attached hydrogen (secondary N) is 1. The van der Waals surface area contributed by atoms with Crippen LogP contribution in [0.3, 0.4) is 0 Å². The van der Waals surface area contributed by atoms with E-state index in [9.17, 15) is 14.7 Å². The molecular weight excluding hydrogens is 562 g/mol. The topological polar surface area (TPSA) is 121 Å². The second kappa shape index (κ2) is 13.5. The van der Waals surface area contributed by atoms with Crippen molar-refractivity contribution < 1.29 is 33.7 Å². The number of ether oxygens (including phenoxy) is 3. The van der Waals surface area contributed by atoms with Gasteiger partial charge in [-0.25, -0.2) is 9.59 Å². The number of carbonyl (C=O) groups is 2. The molecule has 4 aromatic rings. The fourth-order valence-electron chi connectivity index (χ4n) is 4.08. The highest BCUT2D eigenvalue weighted by Gasteiger charge is 2.26. The number of aromatic nitrogens is 2. The number of nitrogens with zero attached hydrogens (tertiary/aromatic N) is 2. The Morgan fingerprint density at radius 1 is 1.02 bits per heavy atom. The number of aryl methyl sites for hydroxylation is 1. The Morgan fingerprint density at radius 3 is 2.38 bits per heavy atom. The molecule has 0 spiro atoms. The van der Waals surface area contributed by atoms with Crippen molar-refractivity contribution in [3.63, 3.8) is 0 Å². The van der Waals surface area contributed by atoms with Gasteiger partial charge in [0.1, 0.15) is 35.3 Å². The third kappa shape index (κ3) is 8.53. The number of esters is 1. The zero-order valence-electron chi connectivity index (χ0n) is 23.9. The van der Waals surface area contributed by atoms with Crippen molar-refractivity contribution in [2.75, 3.05) is 6.79 Å². The van der Waals surface area contributed by atoms with E-state index in [4.69, 9.17) is 30.6 Å². The molecule has 3 aromatic carbocycles. The first-order chi connectivity index (χ1) is 20.0. The molecule has 1 heterocycles. The molecule has 0 aliphatic rings. The highest BCUT2D eigenvalue weighted by molar-refractivity contribution is 6.31. The summed E-state index contributed by atoms with van der Waals surface area (Å²) in [5, 5.41) is 18.1. The molecule has 222 valence electrons. The minimum atomic E-state index is -1.00. The van der Waals surface area contributed by atoms with Gasteiger partial charge in [0, 0.05) is 16.8 Å². The molecule has 4 rings (SSSR count). The fraction of sp³-hybridized carbons (Fsp3) is 0.323. The maximum Gasteiger partial charge on any atom is 0.408 e. The lowest BCUT2D eigenvalue weighted by atomic mass is 10.1. The average molecular weight is 596 g/mol. The fourth-order valence-corrected chi connectivity index (χ4v) is 4.24. The van der Waals surface area contributed by atoms with Crippen LogP contribution in [0.25, 0.3) is 10.9 Å². The molecule has 0 aliphatic heterocycles. The molecule has 1 amide bonds. The summed E-state index contributed by atoms with van der Waals surface area (Å²) in [6.45, 7) is 7.11. The number of alkyl carbamates (subject to hydrolysis) is 1. The van der Waals surface area contributed by atoms with Crippen molar-refractivity contribution in [3.8, 4) is 11.5 Å². The second-order valence-electron chi connectivity index (χ2n) is 10.5. The molecule has 0 saturated carbocycles. The van der Waals surface area contributed by atoms with E-state index in [1.165, 1.54) is 17.0 Å². The zero-order chi connectivity index (χ0) is 30.3. The number of carbonyl (C=O) groups excluding carboxylic acids is 2. The van der Waals surface area contributed by atoms with Gasteiger partial charge in [0.15, 0.2) is 0 Å². The number of amides is 1. The molecule has 2 N–H and O–H groups in total. The Balaban J connectivity index is 1.37. The number of hydrogen-bond acceptors (Lipinski definition) is 8. The molecule has 10 nitrogen and oxygen atoms in total. The average Bonchev–Trinajstić information content (AvgIpc) is 3.28. The van der Waals surface area contributed by atoms with E-state index in [0.717, 1.165) is 28.6 Å². The predicted octanol–water partition coefficient (Wildman–Crippen LogP) is 5.60. The molecule has 0 bridgehead atoms. The lowest BCUT2D eigenvalue weighted by Crippen LogP contribution is -2.45. The van der Waals surface area contributed by atoms with Crippen molar-refractivity contribution >= 4 is 34.6 Å². The van der Waals surface area contributed by atoms with Crippen LogP contribution >= 0.6 is 11.6 Å². The minimum absolute atomic E-state index is 0.0180. The van der Waals surface area contributed by atoms with E-state index in [1.54, 1.807) is 63.2 Å². The van der Waals surface area contributed by atoms with Crippen LogP contribution in [0, 0.1) is 0 Å². The first kappa shape index (κ1) is 30.5. The van der Waals surface area contributed by atoms with Crippen molar-refractivity contribution in [3.05, 3.63) is 88.6 Å². The van der Waals surface area contributed by atoms with Gasteiger partial charge in [-0.1, -0.05) is 47.6 Å². The van der Waals surface area contributed by atoms with Gasteiger partial charge < -0.3 is 29.5 Å². The van der Waals surface area contributed by atoms with Crippen molar-refractivity contribution in [2.24, 2.45) is 0 Å². The zero-order valence-corrected chi connectivity index (χ0v) is 24.7. The highest BCUT2D eigenvalue weighted by Crippen LogP contribution is 2.23. The normalized spacial score (nSPS) is 12.0. The number of benzene rings is 3. The van der Waals surface area contributed by atoms with Crippen LogP contribution in [0.5, 0.6) is 11.5 Å². The summed E-state index contributed by atoms with van der Waals surface area (Å²) < 4.78 is 16.5. The number of rotatable bonds is 11. The maximum atomic E-state index is 13.0. The molecule has 0 saturated heterocycles. The summed E-state index contributed by atoms with van der Waals surface area (Å²) in [5.74, 6) is 0.0233. The van der Waals surface area contributed by atoms with Crippen LogP contribution in [0.4, 0.5) is 4.79 Å². The van der Waals surface area contributed by atoms with Gasteiger partial charge in [0.05, 0.1) is 5.69 Å². The lowest BCUT2D eigenvalue weighted by Gasteiger charge is -2.23. The van der Waals surface area contributed by atoms with E-state index in [0.29, 0.717) is 16.3 Å². The Kier molecular flexibility index (Phi) is 9.80. The summed E-state index contributed by atoms with van der Waals surface area (Å²) in [6.07, 6.45) is 0.166. The Hall–Kier alpha value is -4.44. The van der Waals surface area contributed by atoms with Gasteiger partial charge in [-0.3, -0.25) is 0 Å². The van der Waals surface area contributed by atoms with Crippen LogP contribution in [0.15, 0.2) is 66.7 Å². The van der Waals surface area contributed by atoms with Crippen molar-refractivity contribution in [2.45, 2.75) is 58.8 Å². The van der Waals surface area contributed by atoms with Crippen LogP contribution in [-0.2, 0) is 33.7 Å². The number of fused-ring (bicyclic) bond motifs is 1. The first-order valence-corrected chi connectivity index (χ1v) is 13.8. The molecule has 1 atom stereocenters. The van der Waals surface area contributed by atoms with E-state index in [-0.39, 0.29) is 25.6 Å². The third-order valence-corrected chi connectivity index (χ3v) is 6.31. The van der Waals surface area contributed by atoms with Crippen molar-refractivity contribution in [1.29, 1.82) is 0 Å². The molecule has 0 radical (unpaired) electrons. The van der Waals surface area contributed by atoms with Crippen LogP contribution < -0.4 is 14.9 Å². The third-order valence-electron chi connectivity index (χ3n) is 6.08. The van der Waals surface area contributed by atoms with E-state index in [2.05, 4.69) is 10.4 Å². The van der Waals surface area contributed by atoms with E-state index < -0.39 is 23.7 Å². The molecule has 0 aliphatic carbocycles. The number of aromatic hydroxyl groups is 1. The summed E-state index contributed by atoms with van der Waals surface area (Å²) >= 11 is 6.15. The first-order valence-electron chi connectivity index (χ1n) is 13.5. The molecule has 1 unspecified atom stereocenters. The summed E-state index contributed by atoms with van der Waals surface area (Å²) in [7, 11) is 0. The Labute approximate surface area is 249 Å². The minimum Gasteiger partial charge on any atom is -0.508 e. The van der Waals surface area contributed by atoms with Crippen LogP contribution in [0.2, 0.25) is 5.02 Å². The number of phenolic OH excluding ortho intramolecular Hbond substituents is 1. The van der Waals surface area contributed by atoms with Crippen LogP contribution in [-0.4, -0.2) is 45.5 Å². The van der Waals surface area contributed by atoms with Gasteiger partial charge in [-0.15, -0.1) is 5.10 Å². The monoisotopic (exact) mass is 595 g/mol. The molecule has 0 fully saturated rings. The lowest BCUT2D eigenvalue weighted by molar-refractivity contribution is -0.147. The second-order valence-corrected chi connectivity index (χ2v) is 11.0. The quantitative estimate of drug-likeness (QED) is 0.170. The van der Waals surface area contributed by atoms with Gasteiger partial charge >= 0.3 is 12.1 Å². The van der Waals surface area contributed by atoms with Crippen molar-refractivity contribution in [1.82, 2.24) is 15.3 Å². The predicted molar refractivity (Wildman–Crippen MR) is 157 cm³/mol. The largest absolute Gasteiger partial charge is 0.508 e. The molecular formula is C31H34ClN3O7. The van der Waals surface area contributed by atoms with Gasteiger partial charge in [-0.05, 0) is 80.8 Å². The van der Waals surface area contributed by atoms with Crippen LogP contribution in [0.1, 0.15) is 44.5 Å². The maximum absolute atomic E-state index is 13.0. The van der Waals surface area contributed by atoms with Gasteiger partial charge in [0.2, 0.25) is 0 Å². The number of halogens is 1.